The summed E-state index contributed by atoms with van der Waals surface area (Å²) >= 11 is 1.53. The lowest BCUT2D eigenvalue weighted by atomic mass is 10.1. The molecule has 0 N–H and O–H groups in total. The van der Waals surface area contributed by atoms with Crippen LogP contribution in [0.3, 0.4) is 0 Å². The zero-order valence-electron chi connectivity index (χ0n) is 19.2. The Bertz CT molecular complexity index is 1210. The van der Waals surface area contributed by atoms with Crippen LogP contribution >= 0.6 is 11.3 Å². The molecule has 2 heterocycles. The highest BCUT2D eigenvalue weighted by atomic mass is 32.2. The van der Waals surface area contributed by atoms with E-state index in [9.17, 15) is 13.2 Å². The van der Waals surface area contributed by atoms with Crippen LogP contribution in [-0.2, 0) is 14.6 Å². The molecular weight excluding hydrogens is 458 g/mol. The molecule has 9 heteroatoms. The van der Waals surface area contributed by atoms with Crippen molar-refractivity contribution in [2.45, 2.75) is 25.2 Å². The van der Waals surface area contributed by atoms with Gasteiger partial charge in [-0.1, -0.05) is 23.5 Å². The highest BCUT2D eigenvalue weighted by Crippen LogP contribution is 2.34. The van der Waals surface area contributed by atoms with Crippen LogP contribution < -0.4 is 4.90 Å². The molecule has 0 atom stereocenters. The molecule has 1 fully saturated rings. The minimum atomic E-state index is -3.32. The summed E-state index contributed by atoms with van der Waals surface area (Å²) < 4.78 is 30.1. The van der Waals surface area contributed by atoms with Crippen molar-refractivity contribution in [1.29, 1.82) is 0 Å². The Hall–Kier alpha value is -2.33. The van der Waals surface area contributed by atoms with Crippen LogP contribution in [0, 0.1) is 13.8 Å². The lowest BCUT2D eigenvalue weighted by molar-refractivity contribution is 0.0376. The normalized spacial score (nSPS) is 15.1. The number of carbonyl (C=O) groups excluding carboxylic acids is 1. The Labute approximate surface area is 198 Å². The number of rotatable bonds is 7. The molecule has 0 radical (unpaired) electrons. The largest absolute Gasteiger partial charge is 0.379 e. The van der Waals surface area contributed by atoms with Crippen molar-refractivity contribution >= 4 is 42.4 Å². The maximum Gasteiger partial charge on any atom is 0.260 e. The number of morpholine rings is 1. The fourth-order valence-corrected chi connectivity index (χ4v) is 5.69. The molecule has 0 aliphatic carbocycles. The summed E-state index contributed by atoms with van der Waals surface area (Å²) in [6, 6.07) is 10.3. The molecule has 1 aliphatic rings. The van der Waals surface area contributed by atoms with Crippen molar-refractivity contribution in [2.75, 3.05) is 50.5 Å². The SMILES string of the molecule is Cc1ccc(C)c2sc(N(CCCN3CCOCC3)C(=O)c3ccc(S(C)(=O)=O)cc3)nc12. The van der Waals surface area contributed by atoms with Gasteiger partial charge in [0.25, 0.3) is 5.91 Å². The van der Waals surface area contributed by atoms with Gasteiger partial charge in [-0.3, -0.25) is 14.6 Å². The smallest absolute Gasteiger partial charge is 0.260 e. The molecule has 176 valence electrons. The van der Waals surface area contributed by atoms with E-state index >= 15 is 0 Å². The quantitative estimate of drug-likeness (QED) is 0.506. The van der Waals surface area contributed by atoms with E-state index < -0.39 is 9.84 Å². The van der Waals surface area contributed by atoms with Crippen molar-refractivity contribution < 1.29 is 17.9 Å². The fraction of sp³-hybridized carbons (Fsp3) is 0.417. The number of amides is 1. The van der Waals surface area contributed by atoms with E-state index in [2.05, 4.69) is 24.0 Å². The van der Waals surface area contributed by atoms with Gasteiger partial charge in [0.15, 0.2) is 15.0 Å². The van der Waals surface area contributed by atoms with Crippen LogP contribution in [-0.4, -0.2) is 69.9 Å². The summed E-state index contributed by atoms with van der Waals surface area (Å²) in [5, 5.41) is 0.668. The number of aromatic nitrogens is 1. The molecule has 33 heavy (non-hydrogen) atoms. The standard InChI is InChI=1S/C24H29N3O4S2/c1-17-5-6-18(2)22-21(17)25-24(32-22)27(12-4-11-26-13-15-31-16-14-26)23(28)19-7-9-20(10-8-19)33(3,29)30/h5-10H,4,11-16H2,1-3H3. The van der Waals surface area contributed by atoms with Gasteiger partial charge in [0.05, 0.1) is 28.3 Å². The number of hydrogen-bond donors (Lipinski definition) is 0. The molecular formula is C24H29N3O4S2. The van der Waals surface area contributed by atoms with E-state index in [4.69, 9.17) is 9.72 Å². The van der Waals surface area contributed by atoms with E-state index in [0.29, 0.717) is 17.2 Å². The minimum absolute atomic E-state index is 0.175. The van der Waals surface area contributed by atoms with Gasteiger partial charge in [-0.2, -0.15) is 0 Å². The van der Waals surface area contributed by atoms with Crippen molar-refractivity contribution in [3.05, 3.63) is 53.1 Å². The highest BCUT2D eigenvalue weighted by Gasteiger charge is 2.23. The minimum Gasteiger partial charge on any atom is -0.379 e. The first kappa shape index (κ1) is 23.8. The van der Waals surface area contributed by atoms with Crippen LogP contribution in [0.5, 0.6) is 0 Å². The molecule has 1 amide bonds. The maximum atomic E-state index is 13.5. The molecule has 1 aromatic heterocycles. The summed E-state index contributed by atoms with van der Waals surface area (Å²) in [5.41, 5.74) is 3.59. The van der Waals surface area contributed by atoms with Gasteiger partial charge in [0, 0.05) is 38.0 Å². The number of benzene rings is 2. The third kappa shape index (κ3) is 5.43. The molecule has 0 saturated carbocycles. The Kier molecular flexibility index (Phi) is 7.13. The summed E-state index contributed by atoms with van der Waals surface area (Å²) in [6.45, 7) is 8.78. The molecule has 0 unspecified atom stereocenters. The first-order chi connectivity index (χ1) is 15.7. The van der Waals surface area contributed by atoms with E-state index in [-0.39, 0.29) is 10.8 Å². The van der Waals surface area contributed by atoms with Gasteiger partial charge in [0.2, 0.25) is 0 Å². The Morgan fingerprint density at radius 2 is 1.76 bits per heavy atom. The zero-order chi connectivity index (χ0) is 23.6. The molecule has 3 aromatic rings. The topological polar surface area (TPSA) is 79.8 Å². The number of fused-ring (bicyclic) bond motifs is 1. The second kappa shape index (κ2) is 9.89. The number of ether oxygens (including phenoxy) is 1. The first-order valence-corrected chi connectivity index (χ1v) is 13.7. The Morgan fingerprint density at radius 1 is 1.09 bits per heavy atom. The predicted octanol–water partition coefficient (Wildman–Crippen LogP) is 3.69. The van der Waals surface area contributed by atoms with E-state index in [0.717, 1.165) is 66.9 Å². The average molecular weight is 488 g/mol. The van der Waals surface area contributed by atoms with Crippen molar-refractivity contribution in [1.82, 2.24) is 9.88 Å². The number of aryl methyl sites for hydroxylation is 2. The Morgan fingerprint density at radius 3 is 2.39 bits per heavy atom. The number of hydrogen-bond acceptors (Lipinski definition) is 7. The summed E-state index contributed by atoms with van der Waals surface area (Å²) in [6.07, 6.45) is 1.97. The summed E-state index contributed by atoms with van der Waals surface area (Å²) in [4.78, 5) is 22.7. The van der Waals surface area contributed by atoms with Crippen LogP contribution in [0.1, 0.15) is 27.9 Å². The molecule has 1 aliphatic heterocycles. The first-order valence-electron chi connectivity index (χ1n) is 11.0. The maximum absolute atomic E-state index is 13.5. The van der Waals surface area contributed by atoms with Gasteiger partial charge in [0.1, 0.15) is 0 Å². The van der Waals surface area contributed by atoms with Gasteiger partial charge >= 0.3 is 0 Å². The second-order valence-corrected chi connectivity index (χ2v) is 11.4. The van der Waals surface area contributed by atoms with Crippen LogP contribution in [0.2, 0.25) is 0 Å². The lowest BCUT2D eigenvalue weighted by Crippen LogP contribution is -2.39. The van der Waals surface area contributed by atoms with E-state index in [1.54, 1.807) is 17.0 Å². The van der Waals surface area contributed by atoms with Crippen molar-refractivity contribution in [3.8, 4) is 0 Å². The van der Waals surface area contributed by atoms with Gasteiger partial charge in [-0.25, -0.2) is 13.4 Å². The van der Waals surface area contributed by atoms with E-state index in [1.807, 2.05) is 6.92 Å². The predicted molar refractivity (Wildman–Crippen MR) is 132 cm³/mol. The number of nitrogens with zero attached hydrogens (tertiary/aromatic N) is 3. The molecule has 7 nitrogen and oxygen atoms in total. The molecule has 4 rings (SSSR count). The second-order valence-electron chi connectivity index (χ2n) is 8.43. The van der Waals surface area contributed by atoms with Crippen molar-refractivity contribution in [2.24, 2.45) is 0 Å². The number of thiazole rings is 1. The number of sulfone groups is 1. The average Bonchev–Trinajstić information content (AvgIpc) is 3.26. The van der Waals surface area contributed by atoms with Crippen LogP contribution in [0.15, 0.2) is 41.3 Å². The molecule has 0 bridgehead atoms. The van der Waals surface area contributed by atoms with Crippen LogP contribution in [0.25, 0.3) is 10.2 Å². The summed E-state index contributed by atoms with van der Waals surface area (Å²) in [5.74, 6) is -0.175. The third-order valence-corrected chi connectivity index (χ3v) is 8.24. The fourth-order valence-electron chi connectivity index (χ4n) is 3.93. The van der Waals surface area contributed by atoms with Gasteiger partial charge in [-0.15, -0.1) is 0 Å². The van der Waals surface area contributed by atoms with Crippen LogP contribution in [0.4, 0.5) is 5.13 Å². The molecule has 2 aromatic carbocycles. The molecule has 0 spiro atoms. The summed E-state index contributed by atoms with van der Waals surface area (Å²) in [7, 11) is -3.32. The van der Waals surface area contributed by atoms with E-state index in [1.165, 1.54) is 23.5 Å². The van der Waals surface area contributed by atoms with Gasteiger partial charge < -0.3 is 4.74 Å². The molecule has 1 saturated heterocycles. The third-order valence-electron chi connectivity index (χ3n) is 5.90. The Balaban J connectivity index is 1.62. The number of carbonyl (C=O) groups is 1. The monoisotopic (exact) mass is 487 g/mol. The lowest BCUT2D eigenvalue weighted by Gasteiger charge is -2.27. The zero-order valence-corrected chi connectivity index (χ0v) is 20.8. The highest BCUT2D eigenvalue weighted by molar-refractivity contribution is 7.90. The van der Waals surface area contributed by atoms with Gasteiger partial charge in [-0.05, 0) is 55.7 Å². The number of anilines is 1. The van der Waals surface area contributed by atoms with Crippen molar-refractivity contribution in [3.63, 3.8) is 0 Å².